The molecule has 2 aliphatic rings. The number of halogens is 1. The van der Waals surface area contributed by atoms with Crippen LogP contribution >= 0.6 is 0 Å². The number of hydrogen-bond acceptors (Lipinski definition) is 4. The van der Waals surface area contributed by atoms with Crippen LogP contribution in [0.25, 0.3) is 5.57 Å². The third-order valence-electron chi connectivity index (χ3n) is 4.08. The molecule has 1 aliphatic carbocycles. The molecule has 1 saturated carbocycles. The molecule has 1 fully saturated rings. The SMILES string of the molecule is COC(=O)c1cc(C2=CCOC2)c(=O)n(C2(CF)CC2)c1. The number of alkyl halides is 1. The van der Waals surface area contributed by atoms with E-state index in [0.29, 0.717) is 31.6 Å². The zero-order chi connectivity index (χ0) is 15.0. The van der Waals surface area contributed by atoms with Crippen LogP contribution in [0.5, 0.6) is 0 Å². The second-order valence-corrected chi connectivity index (χ2v) is 5.41. The van der Waals surface area contributed by atoms with Gasteiger partial charge in [-0.3, -0.25) is 4.79 Å². The van der Waals surface area contributed by atoms with Crippen molar-refractivity contribution >= 4 is 11.5 Å². The van der Waals surface area contributed by atoms with Gasteiger partial charge in [-0.2, -0.15) is 0 Å². The Morgan fingerprint density at radius 2 is 2.29 bits per heavy atom. The molecule has 0 spiro atoms. The van der Waals surface area contributed by atoms with Gasteiger partial charge in [0.15, 0.2) is 0 Å². The molecule has 112 valence electrons. The van der Waals surface area contributed by atoms with Crippen molar-refractivity contribution in [1.82, 2.24) is 4.57 Å². The van der Waals surface area contributed by atoms with Crippen LogP contribution in [-0.2, 0) is 15.0 Å². The Morgan fingerprint density at radius 3 is 2.81 bits per heavy atom. The summed E-state index contributed by atoms with van der Waals surface area (Å²) in [6, 6.07) is 1.50. The Morgan fingerprint density at radius 1 is 1.52 bits per heavy atom. The highest BCUT2D eigenvalue weighted by Gasteiger charge is 2.46. The van der Waals surface area contributed by atoms with Gasteiger partial charge in [0, 0.05) is 11.8 Å². The van der Waals surface area contributed by atoms with Gasteiger partial charge in [-0.15, -0.1) is 0 Å². The molecule has 1 aliphatic heterocycles. The third-order valence-corrected chi connectivity index (χ3v) is 4.08. The number of methoxy groups -OCH3 is 1. The Hall–Kier alpha value is -1.95. The quantitative estimate of drug-likeness (QED) is 0.790. The van der Waals surface area contributed by atoms with E-state index in [2.05, 4.69) is 0 Å². The summed E-state index contributed by atoms with van der Waals surface area (Å²) in [5.41, 5.74) is 0.286. The van der Waals surface area contributed by atoms with Crippen LogP contribution in [0, 0.1) is 0 Å². The second-order valence-electron chi connectivity index (χ2n) is 5.41. The van der Waals surface area contributed by atoms with E-state index in [1.165, 1.54) is 23.9 Å². The summed E-state index contributed by atoms with van der Waals surface area (Å²) in [6.07, 6.45) is 4.41. The summed E-state index contributed by atoms with van der Waals surface area (Å²) in [7, 11) is 1.28. The van der Waals surface area contributed by atoms with Crippen molar-refractivity contribution in [2.24, 2.45) is 0 Å². The van der Waals surface area contributed by atoms with Crippen molar-refractivity contribution in [3.63, 3.8) is 0 Å². The van der Waals surface area contributed by atoms with Crippen LogP contribution in [0.4, 0.5) is 4.39 Å². The van der Waals surface area contributed by atoms with Crippen molar-refractivity contribution in [2.45, 2.75) is 18.4 Å². The fourth-order valence-electron chi connectivity index (χ4n) is 2.55. The lowest BCUT2D eigenvalue weighted by atomic mass is 10.1. The number of carbonyl (C=O) groups is 1. The van der Waals surface area contributed by atoms with E-state index in [1.54, 1.807) is 6.08 Å². The Kier molecular flexibility index (Phi) is 3.41. The number of nitrogens with zero attached hydrogens (tertiary/aromatic N) is 1. The van der Waals surface area contributed by atoms with Crippen molar-refractivity contribution < 1.29 is 18.7 Å². The molecular weight excluding hydrogens is 277 g/mol. The van der Waals surface area contributed by atoms with Crippen molar-refractivity contribution in [1.29, 1.82) is 0 Å². The summed E-state index contributed by atoms with van der Waals surface area (Å²) in [5, 5.41) is 0. The van der Waals surface area contributed by atoms with Gasteiger partial charge in [-0.25, -0.2) is 9.18 Å². The van der Waals surface area contributed by atoms with Gasteiger partial charge in [0.2, 0.25) is 0 Å². The van der Waals surface area contributed by atoms with Crippen molar-refractivity contribution in [2.75, 3.05) is 27.0 Å². The van der Waals surface area contributed by atoms with Gasteiger partial charge in [0.25, 0.3) is 5.56 Å². The lowest BCUT2D eigenvalue weighted by Gasteiger charge is -2.18. The maximum Gasteiger partial charge on any atom is 0.339 e. The Balaban J connectivity index is 2.17. The molecule has 0 radical (unpaired) electrons. The first-order chi connectivity index (χ1) is 10.1. The first kappa shape index (κ1) is 14.0. The summed E-state index contributed by atoms with van der Waals surface area (Å²) >= 11 is 0. The molecule has 0 bridgehead atoms. The Labute approximate surface area is 121 Å². The van der Waals surface area contributed by atoms with Crippen LogP contribution < -0.4 is 5.56 Å². The van der Waals surface area contributed by atoms with Gasteiger partial charge >= 0.3 is 5.97 Å². The minimum absolute atomic E-state index is 0.250. The smallest absolute Gasteiger partial charge is 0.339 e. The van der Waals surface area contributed by atoms with E-state index in [-0.39, 0.29) is 11.1 Å². The van der Waals surface area contributed by atoms with E-state index < -0.39 is 18.2 Å². The average molecular weight is 293 g/mol. The lowest BCUT2D eigenvalue weighted by Crippen LogP contribution is -2.34. The van der Waals surface area contributed by atoms with E-state index in [4.69, 9.17) is 9.47 Å². The molecule has 5 nitrogen and oxygen atoms in total. The summed E-state index contributed by atoms with van der Waals surface area (Å²) < 4.78 is 24.6. The Bertz CT molecular complexity index is 673. The minimum atomic E-state index is -0.796. The first-order valence-corrected chi connectivity index (χ1v) is 6.80. The van der Waals surface area contributed by atoms with Crippen molar-refractivity contribution in [3.8, 4) is 0 Å². The highest BCUT2D eigenvalue weighted by atomic mass is 19.1. The van der Waals surface area contributed by atoms with Crippen LogP contribution in [0.2, 0.25) is 0 Å². The first-order valence-electron chi connectivity index (χ1n) is 6.80. The highest BCUT2D eigenvalue weighted by Crippen LogP contribution is 2.43. The molecule has 1 aromatic rings. The minimum Gasteiger partial charge on any atom is -0.465 e. The van der Waals surface area contributed by atoms with Gasteiger partial charge in [0.1, 0.15) is 6.67 Å². The highest BCUT2D eigenvalue weighted by molar-refractivity contribution is 5.90. The van der Waals surface area contributed by atoms with E-state index >= 15 is 0 Å². The molecule has 0 N–H and O–H groups in total. The lowest BCUT2D eigenvalue weighted by molar-refractivity contribution is 0.0599. The number of carbonyl (C=O) groups excluding carboxylic acids is 1. The van der Waals surface area contributed by atoms with Crippen LogP contribution in [0.3, 0.4) is 0 Å². The second kappa shape index (κ2) is 5.11. The molecular formula is C15H16FNO4. The topological polar surface area (TPSA) is 57.5 Å². The number of aromatic nitrogens is 1. The van der Waals surface area contributed by atoms with Gasteiger partial charge < -0.3 is 14.0 Å². The fraction of sp³-hybridized carbons (Fsp3) is 0.467. The average Bonchev–Trinajstić information content (AvgIpc) is 3.12. The number of hydrogen-bond donors (Lipinski definition) is 0. The summed E-state index contributed by atoms with van der Waals surface area (Å²) in [5.74, 6) is -0.542. The number of ether oxygens (including phenoxy) is 2. The molecule has 1 aromatic heterocycles. The summed E-state index contributed by atoms with van der Waals surface area (Å²) in [4.78, 5) is 24.4. The molecule has 0 aromatic carbocycles. The summed E-state index contributed by atoms with van der Waals surface area (Å²) in [6.45, 7) is 0.139. The predicted molar refractivity (Wildman–Crippen MR) is 74.0 cm³/mol. The van der Waals surface area contributed by atoms with Gasteiger partial charge in [0.05, 0.1) is 31.4 Å². The molecule has 0 atom stereocenters. The fourth-order valence-corrected chi connectivity index (χ4v) is 2.55. The molecule has 21 heavy (non-hydrogen) atoms. The largest absolute Gasteiger partial charge is 0.465 e. The molecule has 0 unspecified atom stereocenters. The maximum atomic E-state index is 13.3. The zero-order valence-corrected chi connectivity index (χ0v) is 11.7. The number of rotatable bonds is 4. The normalized spacial score (nSPS) is 19.2. The molecule has 0 saturated heterocycles. The monoisotopic (exact) mass is 293 g/mol. The molecule has 6 heteroatoms. The maximum absolute atomic E-state index is 13.3. The van der Waals surface area contributed by atoms with E-state index in [1.807, 2.05) is 0 Å². The predicted octanol–water partition coefficient (Wildman–Crippen LogP) is 1.51. The van der Waals surface area contributed by atoms with Gasteiger partial charge in [-0.1, -0.05) is 6.08 Å². The number of pyridine rings is 1. The van der Waals surface area contributed by atoms with Gasteiger partial charge in [-0.05, 0) is 24.5 Å². The van der Waals surface area contributed by atoms with E-state index in [9.17, 15) is 14.0 Å². The van der Waals surface area contributed by atoms with Crippen LogP contribution in [0.1, 0.15) is 28.8 Å². The van der Waals surface area contributed by atoms with Crippen LogP contribution in [-0.4, -0.2) is 37.5 Å². The third kappa shape index (κ3) is 2.29. The zero-order valence-electron chi connectivity index (χ0n) is 11.7. The molecule has 2 heterocycles. The van der Waals surface area contributed by atoms with E-state index in [0.717, 1.165) is 5.57 Å². The standard InChI is InChI=1S/C15H16FNO4/c1-20-14(19)11-6-12(10-2-5-21-8-10)13(18)17(7-11)15(9-16)3-4-15/h2,6-7H,3-5,8-9H2,1H3. The molecule has 3 rings (SSSR count). The van der Waals surface area contributed by atoms with Crippen LogP contribution in [0.15, 0.2) is 23.1 Å². The number of esters is 1. The molecule has 0 amide bonds. The van der Waals surface area contributed by atoms with Crippen molar-refractivity contribution in [3.05, 3.63) is 39.8 Å².